The van der Waals surface area contributed by atoms with Crippen molar-refractivity contribution in [2.45, 2.75) is 51.1 Å². The summed E-state index contributed by atoms with van der Waals surface area (Å²) in [7, 11) is 1.47. The lowest BCUT2D eigenvalue weighted by atomic mass is 9.96. The van der Waals surface area contributed by atoms with Crippen LogP contribution in [0.1, 0.15) is 65.7 Å². The van der Waals surface area contributed by atoms with Gasteiger partial charge in [-0.2, -0.15) is 5.26 Å². The Bertz CT molecular complexity index is 1340. The quantitative estimate of drug-likeness (QED) is 0.641. The summed E-state index contributed by atoms with van der Waals surface area (Å²) in [5, 5.41) is 12.4. The highest BCUT2D eigenvalue weighted by Gasteiger charge is 2.44. The third kappa shape index (κ3) is 5.21. The molecule has 1 aliphatic carbocycles. The van der Waals surface area contributed by atoms with Crippen LogP contribution in [-0.2, 0) is 11.8 Å². The van der Waals surface area contributed by atoms with Gasteiger partial charge in [0.25, 0.3) is 17.4 Å². The van der Waals surface area contributed by atoms with Crippen LogP contribution in [0, 0.1) is 18.3 Å². The van der Waals surface area contributed by atoms with Crippen molar-refractivity contribution in [3.05, 3.63) is 67.6 Å². The highest BCUT2D eigenvalue weighted by molar-refractivity contribution is 6.31. The minimum absolute atomic E-state index is 0.0809. The molecule has 1 N–H and O–H groups in total. The van der Waals surface area contributed by atoms with E-state index in [0.29, 0.717) is 49.5 Å². The van der Waals surface area contributed by atoms with Gasteiger partial charge in [-0.1, -0.05) is 23.3 Å². The number of hydrogen-bond donors (Lipinski definition) is 1. The average Bonchev–Trinajstić information content (AvgIpc) is 3.31. The molecule has 1 aromatic carbocycles. The highest BCUT2D eigenvalue weighted by atomic mass is 35.5. The number of pyridine rings is 1. The second-order valence-electron chi connectivity index (χ2n) is 9.53. The number of anilines is 1. The fourth-order valence-corrected chi connectivity index (χ4v) is 5.07. The maximum absolute atomic E-state index is 14.9. The lowest BCUT2D eigenvalue weighted by Gasteiger charge is -2.33. The monoisotopic (exact) mass is 510 g/mol. The summed E-state index contributed by atoms with van der Waals surface area (Å²) in [4.78, 5) is 39.2. The smallest absolute Gasteiger partial charge is 0.260 e. The Labute approximate surface area is 214 Å². The third-order valence-corrected chi connectivity index (χ3v) is 7.35. The van der Waals surface area contributed by atoms with Gasteiger partial charge < -0.3 is 14.8 Å². The van der Waals surface area contributed by atoms with Crippen LogP contribution in [0.25, 0.3) is 6.08 Å². The number of benzene rings is 1. The van der Waals surface area contributed by atoms with Crippen LogP contribution in [0.3, 0.4) is 0 Å². The molecule has 1 saturated carbocycles. The molecular weight excluding hydrogens is 483 g/mol. The van der Waals surface area contributed by atoms with Crippen molar-refractivity contribution in [1.29, 1.82) is 5.26 Å². The van der Waals surface area contributed by atoms with E-state index >= 15 is 0 Å². The number of carbonyl (C=O) groups is 2. The topological polar surface area (TPSA) is 95.2 Å². The summed E-state index contributed by atoms with van der Waals surface area (Å²) in [5.74, 6) is -0.898. The number of nitriles is 1. The molecule has 2 amide bonds. The van der Waals surface area contributed by atoms with Gasteiger partial charge in [-0.05, 0) is 74.8 Å². The van der Waals surface area contributed by atoms with E-state index in [4.69, 9.17) is 11.6 Å². The fraction of sp³-hybridized carbons (Fsp3) is 0.407. The van der Waals surface area contributed by atoms with Gasteiger partial charge in [0.2, 0.25) is 0 Å². The van der Waals surface area contributed by atoms with E-state index in [1.807, 2.05) is 19.1 Å². The van der Waals surface area contributed by atoms with Gasteiger partial charge in [0.15, 0.2) is 5.67 Å². The lowest BCUT2D eigenvalue weighted by molar-refractivity contribution is -0.144. The first-order valence-corrected chi connectivity index (χ1v) is 12.4. The predicted octanol–water partition coefficient (Wildman–Crippen LogP) is 4.76. The van der Waals surface area contributed by atoms with Gasteiger partial charge in [-0.3, -0.25) is 14.4 Å². The van der Waals surface area contributed by atoms with Crippen molar-refractivity contribution < 1.29 is 14.0 Å². The zero-order valence-corrected chi connectivity index (χ0v) is 21.1. The van der Waals surface area contributed by atoms with E-state index in [2.05, 4.69) is 5.32 Å². The number of amides is 2. The number of likely N-dealkylation sites (tertiary alicyclic amines) is 1. The van der Waals surface area contributed by atoms with Gasteiger partial charge in [0, 0.05) is 42.5 Å². The number of nitrogens with one attached hydrogen (secondary N) is 1. The minimum atomic E-state index is -1.70. The van der Waals surface area contributed by atoms with Crippen LogP contribution in [-0.4, -0.2) is 40.0 Å². The molecule has 2 fully saturated rings. The van der Waals surface area contributed by atoms with Gasteiger partial charge in [-0.25, -0.2) is 4.39 Å². The Morgan fingerprint density at radius 2 is 1.83 bits per heavy atom. The highest BCUT2D eigenvalue weighted by Crippen LogP contribution is 2.36. The van der Waals surface area contributed by atoms with Crippen molar-refractivity contribution >= 4 is 35.2 Å². The molecule has 9 heteroatoms. The van der Waals surface area contributed by atoms with Crippen LogP contribution < -0.4 is 10.9 Å². The molecule has 4 rings (SSSR count). The summed E-state index contributed by atoms with van der Waals surface area (Å²) in [6.07, 6.45) is 5.43. The van der Waals surface area contributed by atoms with Crippen molar-refractivity contribution in [2.75, 3.05) is 18.4 Å². The van der Waals surface area contributed by atoms with Gasteiger partial charge >= 0.3 is 0 Å². The van der Waals surface area contributed by atoms with E-state index in [1.54, 1.807) is 17.0 Å². The molecule has 7 nitrogen and oxygen atoms in total. The van der Waals surface area contributed by atoms with E-state index in [0.717, 1.165) is 29.5 Å². The predicted molar refractivity (Wildman–Crippen MR) is 137 cm³/mol. The molecule has 1 aromatic heterocycles. The SMILES string of the molecule is Cc1c(C=C2CCN(C(=O)C3(F)CCCC3)CC2)cc(Cl)cc1NC(=O)c1cc(C#N)n(C)c(=O)c1. The summed E-state index contributed by atoms with van der Waals surface area (Å²) in [6.45, 7) is 2.81. The Balaban J connectivity index is 1.50. The Morgan fingerprint density at radius 1 is 1.17 bits per heavy atom. The van der Waals surface area contributed by atoms with Gasteiger partial charge in [-0.15, -0.1) is 0 Å². The molecule has 0 radical (unpaired) electrons. The standard InChI is InChI=1S/C27H28ClFN4O3/c1-17-19(11-18-5-9-33(10-6-18)26(36)27(29)7-3-4-8-27)12-21(28)15-23(17)31-25(35)20-13-22(16-30)32(2)24(34)14-20/h11-15H,3-10H2,1-2H3,(H,31,35). The maximum atomic E-state index is 14.9. The van der Waals surface area contributed by atoms with Gasteiger partial charge in [0.05, 0.1) is 0 Å². The summed E-state index contributed by atoms with van der Waals surface area (Å²) < 4.78 is 16.1. The number of piperidine rings is 1. The van der Waals surface area contributed by atoms with Crippen LogP contribution in [0.4, 0.5) is 10.1 Å². The Morgan fingerprint density at radius 3 is 2.47 bits per heavy atom. The zero-order valence-electron chi connectivity index (χ0n) is 20.4. The van der Waals surface area contributed by atoms with E-state index in [9.17, 15) is 24.0 Å². The molecule has 36 heavy (non-hydrogen) atoms. The molecular formula is C27H28ClFN4O3. The van der Waals surface area contributed by atoms with Crippen LogP contribution in [0.15, 0.2) is 34.6 Å². The normalized spacial score (nSPS) is 17.0. The van der Waals surface area contributed by atoms with Crippen LogP contribution >= 0.6 is 11.6 Å². The lowest BCUT2D eigenvalue weighted by Crippen LogP contribution is -2.47. The number of nitrogens with zero attached hydrogens (tertiary/aromatic N) is 3. The average molecular weight is 511 g/mol. The summed E-state index contributed by atoms with van der Waals surface area (Å²) >= 11 is 6.34. The third-order valence-electron chi connectivity index (χ3n) is 7.13. The molecule has 1 aliphatic heterocycles. The zero-order chi connectivity index (χ0) is 26.0. The number of alkyl halides is 1. The van der Waals surface area contributed by atoms with Crippen molar-refractivity contribution in [3.8, 4) is 6.07 Å². The molecule has 2 aliphatic rings. The number of rotatable bonds is 4. The summed E-state index contributed by atoms with van der Waals surface area (Å²) in [6, 6.07) is 7.89. The second-order valence-corrected chi connectivity index (χ2v) is 9.96. The molecule has 188 valence electrons. The van der Waals surface area contributed by atoms with Crippen LogP contribution in [0.2, 0.25) is 5.02 Å². The van der Waals surface area contributed by atoms with E-state index < -0.39 is 17.1 Å². The van der Waals surface area contributed by atoms with Crippen molar-refractivity contribution in [3.63, 3.8) is 0 Å². The first-order chi connectivity index (χ1) is 17.1. The number of aromatic nitrogens is 1. The second kappa shape index (κ2) is 10.3. The molecule has 2 heterocycles. The number of carbonyl (C=O) groups excluding carboxylic acids is 2. The van der Waals surface area contributed by atoms with Crippen LogP contribution in [0.5, 0.6) is 0 Å². The van der Waals surface area contributed by atoms with Crippen molar-refractivity contribution in [2.24, 2.45) is 7.05 Å². The molecule has 0 unspecified atom stereocenters. The van der Waals surface area contributed by atoms with E-state index in [-0.39, 0.29) is 17.2 Å². The van der Waals surface area contributed by atoms with Gasteiger partial charge in [0.1, 0.15) is 11.8 Å². The molecule has 1 saturated heterocycles. The molecule has 0 atom stereocenters. The summed E-state index contributed by atoms with van der Waals surface area (Å²) in [5.41, 5.74) is 1.23. The number of halogens is 2. The number of hydrogen-bond acceptors (Lipinski definition) is 4. The molecule has 0 spiro atoms. The largest absolute Gasteiger partial charge is 0.339 e. The minimum Gasteiger partial charge on any atom is -0.339 e. The van der Waals surface area contributed by atoms with Crippen molar-refractivity contribution in [1.82, 2.24) is 9.47 Å². The molecule has 0 bridgehead atoms. The Hall–Kier alpha value is -3.44. The van der Waals surface area contributed by atoms with E-state index in [1.165, 1.54) is 23.7 Å². The fourth-order valence-electron chi connectivity index (χ4n) is 4.84. The molecule has 2 aromatic rings. The first-order valence-electron chi connectivity index (χ1n) is 12.0. The first kappa shape index (κ1) is 25.6. The Kier molecular flexibility index (Phi) is 7.32. The maximum Gasteiger partial charge on any atom is 0.260 e.